The monoisotopic (exact) mass is 347 g/mol. The van der Waals surface area contributed by atoms with E-state index < -0.39 is 67.3 Å². The van der Waals surface area contributed by atoms with E-state index in [1.165, 1.54) is 6.92 Å². The first kappa shape index (κ1) is 21.3. The number of amides is 4. The summed E-state index contributed by atoms with van der Waals surface area (Å²) >= 11 is 0. The highest BCUT2D eigenvalue weighted by atomic mass is 16.4. The van der Waals surface area contributed by atoms with Gasteiger partial charge >= 0.3 is 5.97 Å². The molecule has 0 saturated carbocycles. The quantitative estimate of drug-likeness (QED) is 0.203. The first-order valence-electron chi connectivity index (χ1n) is 6.83. The summed E-state index contributed by atoms with van der Waals surface area (Å²) in [6.45, 7) is 0.0687. The minimum absolute atomic E-state index is 0.555. The minimum atomic E-state index is -1.40. The number of carbonyl (C=O) groups excluding carboxylic acids is 4. The van der Waals surface area contributed by atoms with Gasteiger partial charge in [-0.2, -0.15) is 0 Å². The van der Waals surface area contributed by atoms with Crippen molar-refractivity contribution in [3.8, 4) is 0 Å². The molecular formula is C12H21N5O7. The van der Waals surface area contributed by atoms with Crippen LogP contribution in [0.4, 0.5) is 0 Å². The van der Waals surface area contributed by atoms with Gasteiger partial charge in [-0.05, 0) is 6.92 Å². The molecule has 0 saturated heterocycles. The topological polar surface area (TPSA) is 214 Å². The highest BCUT2D eigenvalue weighted by Crippen LogP contribution is 1.96. The largest absolute Gasteiger partial charge is 0.480 e. The van der Waals surface area contributed by atoms with Gasteiger partial charge in [0, 0.05) is 0 Å². The van der Waals surface area contributed by atoms with Crippen LogP contribution in [0.15, 0.2) is 0 Å². The van der Waals surface area contributed by atoms with Gasteiger partial charge < -0.3 is 37.6 Å². The Morgan fingerprint density at radius 3 is 2.08 bits per heavy atom. The number of primary amides is 1. The van der Waals surface area contributed by atoms with E-state index >= 15 is 0 Å². The first-order chi connectivity index (χ1) is 11.0. The van der Waals surface area contributed by atoms with Crippen LogP contribution in [0.2, 0.25) is 0 Å². The molecule has 0 aromatic rings. The third-order valence-electron chi connectivity index (χ3n) is 2.72. The molecule has 4 amide bonds. The number of aliphatic carboxylic acids is 1. The molecule has 9 N–H and O–H groups in total. The standard InChI is InChI=1S/C12H21N5O7/c1-5(18)10(14)12(24)17-6(2-7(13)19)11(23)16-3-8(20)15-4-9(21)22/h5-6,10,18H,2-4,14H2,1H3,(H2,13,19)(H,15,20)(H,16,23)(H,17,24)(H,21,22). The molecule has 0 aliphatic rings. The number of aliphatic hydroxyl groups excluding tert-OH is 1. The molecule has 0 aliphatic heterocycles. The second-order valence-electron chi connectivity index (χ2n) is 4.89. The summed E-state index contributed by atoms with van der Waals surface area (Å²) in [7, 11) is 0. The summed E-state index contributed by atoms with van der Waals surface area (Å²) in [5.74, 6) is -4.72. The van der Waals surface area contributed by atoms with Gasteiger partial charge in [0.05, 0.1) is 19.1 Å². The molecule has 0 spiro atoms. The zero-order chi connectivity index (χ0) is 18.9. The molecule has 0 aliphatic carbocycles. The smallest absolute Gasteiger partial charge is 0.322 e. The van der Waals surface area contributed by atoms with Crippen molar-refractivity contribution >= 4 is 29.6 Å². The first-order valence-corrected chi connectivity index (χ1v) is 6.83. The van der Waals surface area contributed by atoms with E-state index in [4.69, 9.17) is 16.6 Å². The Morgan fingerprint density at radius 1 is 1.04 bits per heavy atom. The molecule has 0 heterocycles. The Balaban J connectivity index is 4.66. The van der Waals surface area contributed by atoms with Gasteiger partial charge in [-0.3, -0.25) is 24.0 Å². The molecule has 24 heavy (non-hydrogen) atoms. The summed E-state index contributed by atoms with van der Waals surface area (Å²) in [5.41, 5.74) is 10.4. The van der Waals surface area contributed by atoms with Crippen LogP contribution < -0.4 is 27.4 Å². The fraction of sp³-hybridized carbons (Fsp3) is 0.583. The van der Waals surface area contributed by atoms with E-state index in [0.29, 0.717) is 0 Å². The summed E-state index contributed by atoms with van der Waals surface area (Å²) < 4.78 is 0. The SMILES string of the molecule is CC(O)C(N)C(=O)NC(CC(N)=O)C(=O)NCC(=O)NCC(=O)O. The number of nitrogens with one attached hydrogen (secondary N) is 3. The molecule has 0 fully saturated rings. The maximum absolute atomic E-state index is 11.9. The molecule has 0 rings (SSSR count). The van der Waals surface area contributed by atoms with Crippen LogP contribution in [0.5, 0.6) is 0 Å². The van der Waals surface area contributed by atoms with Crippen LogP contribution in [0.25, 0.3) is 0 Å². The highest BCUT2D eigenvalue weighted by molar-refractivity contribution is 5.94. The molecule has 0 radical (unpaired) electrons. The number of carboxylic acids is 1. The molecule has 0 aromatic heterocycles. The van der Waals surface area contributed by atoms with Crippen LogP contribution in [-0.2, 0) is 24.0 Å². The highest BCUT2D eigenvalue weighted by Gasteiger charge is 2.27. The Kier molecular flexibility index (Phi) is 8.97. The molecule has 3 unspecified atom stereocenters. The predicted molar refractivity (Wildman–Crippen MR) is 79.1 cm³/mol. The average molecular weight is 347 g/mol. The number of carboxylic acid groups (broad SMARTS) is 1. The van der Waals surface area contributed by atoms with Crippen LogP contribution in [0.1, 0.15) is 13.3 Å². The predicted octanol–water partition coefficient (Wildman–Crippen LogP) is -4.63. The summed E-state index contributed by atoms with van der Waals surface area (Å²) in [6.07, 6.45) is -1.75. The number of rotatable bonds is 10. The van der Waals surface area contributed by atoms with Crippen LogP contribution in [-0.4, -0.2) is 71.1 Å². The molecule has 0 aromatic carbocycles. The minimum Gasteiger partial charge on any atom is -0.480 e. The fourth-order valence-electron chi connectivity index (χ4n) is 1.42. The maximum Gasteiger partial charge on any atom is 0.322 e. The number of nitrogens with two attached hydrogens (primary N) is 2. The average Bonchev–Trinajstić information content (AvgIpc) is 2.48. The van der Waals surface area contributed by atoms with E-state index in [1.807, 2.05) is 5.32 Å². The van der Waals surface area contributed by atoms with Gasteiger partial charge in [0.25, 0.3) is 0 Å². The van der Waals surface area contributed by atoms with Gasteiger partial charge in [0.15, 0.2) is 0 Å². The van der Waals surface area contributed by atoms with Gasteiger partial charge in [0.1, 0.15) is 18.6 Å². The molecule has 0 bridgehead atoms. The summed E-state index contributed by atoms with van der Waals surface area (Å²) in [4.78, 5) is 56.2. The van der Waals surface area contributed by atoms with Crippen molar-refractivity contribution in [2.45, 2.75) is 31.5 Å². The third-order valence-corrected chi connectivity index (χ3v) is 2.72. The van der Waals surface area contributed by atoms with E-state index in [0.717, 1.165) is 0 Å². The van der Waals surface area contributed by atoms with Crippen LogP contribution in [0.3, 0.4) is 0 Å². The number of carbonyl (C=O) groups is 5. The Labute approximate surface area is 136 Å². The molecule has 12 nitrogen and oxygen atoms in total. The molecule has 12 heteroatoms. The zero-order valence-corrected chi connectivity index (χ0v) is 12.9. The van der Waals surface area contributed by atoms with Crippen LogP contribution in [0, 0.1) is 0 Å². The fourth-order valence-corrected chi connectivity index (χ4v) is 1.42. The van der Waals surface area contributed by atoms with Crippen molar-refractivity contribution in [2.24, 2.45) is 11.5 Å². The lowest BCUT2D eigenvalue weighted by atomic mass is 10.1. The van der Waals surface area contributed by atoms with E-state index in [9.17, 15) is 29.1 Å². The van der Waals surface area contributed by atoms with Crippen molar-refractivity contribution in [3.63, 3.8) is 0 Å². The van der Waals surface area contributed by atoms with Gasteiger partial charge in [0.2, 0.25) is 23.6 Å². The lowest BCUT2D eigenvalue weighted by Crippen LogP contribution is -2.56. The maximum atomic E-state index is 11.9. The van der Waals surface area contributed by atoms with E-state index in [2.05, 4.69) is 10.6 Å². The molecular weight excluding hydrogens is 326 g/mol. The van der Waals surface area contributed by atoms with Crippen molar-refractivity contribution in [1.82, 2.24) is 16.0 Å². The van der Waals surface area contributed by atoms with Crippen molar-refractivity contribution in [2.75, 3.05) is 13.1 Å². The van der Waals surface area contributed by atoms with Crippen molar-refractivity contribution in [1.29, 1.82) is 0 Å². The number of aliphatic hydroxyl groups is 1. The second kappa shape index (κ2) is 10.1. The van der Waals surface area contributed by atoms with E-state index in [-0.39, 0.29) is 0 Å². The lowest BCUT2D eigenvalue weighted by molar-refractivity contribution is -0.138. The van der Waals surface area contributed by atoms with Gasteiger partial charge in [-0.15, -0.1) is 0 Å². The van der Waals surface area contributed by atoms with Gasteiger partial charge in [-0.1, -0.05) is 0 Å². The molecule has 3 atom stereocenters. The van der Waals surface area contributed by atoms with Crippen molar-refractivity contribution in [3.05, 3.63) is 0 Å². The lowest BCUT2D eigenvalue weighted by Gasteiger charge is -2.20. The van der Waals surface area contributed by atoms with Crippen molar-refractivity contribution < 1.29 is 34.2 Å². The number of hydrogen-bond donors (Lipinski definition) is 7. The van der Waals surface area contributed by atoms with Gasteiger partial charge in [-0.25, -0.2) is 0 Å². The second-order valence-corrected chi connectivity index (χ2v) is 4.89. The zero-order valence-electron chi connectivity index (χ0n) is 12.9. The Hall–Kier alpha value is -2.73. The Morgan fingerprint density at radius 2 is 1.62 bits per heavy atom. The summed E-state index contributed by atoms with van der Waals surface area (Å²) in [5, 5.41) is 23.9. The van der Waals surface area contributed by atoms with Crippen LogP contribution >= 0.6 is 0 Å². The van der Waals surface area contributed by atoms with E-state index in [1.54, 1.807) is 0 Å². The summed E-state index contributed by atoms with van der Waals surface area (Å²) in [6, 6.07) is -2.72. The molecule has 136 valence electrons. The third kappa shape index (κ3) is 8.65. The normalized spacial score (nSPS) is 14.0. The Bertz CT molecular complexity index is 508. The number of hydrogen-bond acceptors (Lipinski definition) is 7.